The lowest BCUT2D eigenvalue weighted by atomic mass is 9.47. The van der Waals surface area contributed by atoms with Gasteiger partial charge in [0.1, 0.15) is 5.78 Å². The molecular weight excluding hydrogens is 286 g/mol. The Balaban J connectivity index is 1.63. The van der Waals surface area contributed by atoms with Gasteiger partial charge >= 0.3 is 0 Å². The van der Waals surface area contributed by atoms with Gasteiger partial charge in [0.05, 0.1) is 0 Å². The van der Waals surface area contributed by atoms with Gasteiger partial charge in [-0.1, -0.05) is 13.8 Å². The summed E-state index contributed by atoms with van der Waals surface area (Å²) in [6, 6.07) is 0.388. The largest absolute Gasteiger partial charge is 0.353 e. The van der Waals surface area contributed by atoms with Crippen LogP contribution in [0.4, 0.5) is 0 Å². The Morgan fingerprint density at radius 2 is 1.74 bits per heavy atom. The van der Waals surface area contributed by atoms with Gasteiger partial charge in [0.2, 0.25) is 5.91 Å². The molecule has 4 rings (SSSR count). The Kier molecular flexibility index (Phi) is 3.45. The Morgan fingerprint density at radius 3 is 2.48 bits per heavy atom. The first-order valence-corrected chi connectivity index (χ1v) is 9.66. The van der Waals surface area contributed by atoms with Crippen LogP contribution in [0.3, 0.4) is 0 Å². The van der Waals surface area contributed by atoms with Crippen LogP contribution in [0.5, 0.6) is 0 Å². The van der Waals surface area contributed by atoms with E-state index in [1.807, 2.05) is 0 Å². The fraction of sp³-hybridized carbons (Fsp3) is 0.900. The number of fused-ring (bicyclic) bond motifs is 5. The maximum atomic E-state index is 12.1. The summed E-state index contributed by atoms with van der Waals surface area (Å²) in [5, 5.41) is 3.30. The molecule has 3 nitrogen and oxygen atoms in total. The number of hydrogen-bond acceptors (Lipinski definition) is 2. The number of ketones is 1. The third-order valence-electron chi connectivity index (χ3n) is 8.59. The average Bonchev–Trinajstić information content (AvgIpc) is 2.85. The average molecular weight is 317 g/mol. The minimum Gasteiger partial charge on any atom is -0.353 e. The minimum absolute atomic E-state index is 0.244. The topological polar surface area (TPSA) is 46.2 Å². The molecule has 1 N–H and O–H groups in total. The first-order valence-electron chi connectivity index (χ1n) is 9.66. The molecule has 3 saturated carbocycles. The maximum absolute atomic E-state index is 12.1. The van der Waals surface area contributed by atoms with Crippen molar-refractivity contribution in [2.45, 2.75) is 78.2 Å². The molecule has 0 aromatic carbocycles. The highest BCUT2D eigenvalue weighted by atomic mass is 16.1. The SMILES string of the molecule is CC(=O)[C@H]1CC[C@H]2[C@@H]3CC[C@H]4NC(=O)CC[C@]4(C)[C@H]3CC[C@]12C. The van der Waals surface area contributed by atoms with Crippen LogP contribution in [0.15, 0.2) is 0 Å². The van der Waals surface area contributed by atoms with E-state index in [1.165, 1.54) is 25.7 Å². The summed E-state index contributed by atoms with van der Waals surface area (Å²) >= 11 is 0. The monoisotopic (exact) mass is 317 g/mol. The lowest BCUT2D eigenvalue weighted by Gasteiger charge is -2.60. The smallest absolute Gasteiger partial charge is 0.220 e. The van der Waals surface area contributed by atoms with E-state index in [-0.39, 0.29) is 16.7 Å². The van der Waals surface area contributed by atoms with E-state index in [9.17, 15) is 9.59 Å². The van der Waals surface area contributed by atoms with E-state index in [1.54, 1.807) is 6.92 Å². The van der Waals surface area contributed by atoms with Gasteiger partial charge in [0.25, 0.3) is 0 Å². The fourth-order valence-electron chi connectivity index (χ4n) is 7.37. The zero-order valence-corrected chi connectivity index (χ0v) is 14.9. The summed E-state index contributed by atoms with van der Waals surface area (Å²) in [4.78, 5) is 24.0. The zero-order valence-electron chi connectivity index (χ0n) is 14.9. The van der Waals surface area contributed by atoms with Crippen LogP contribution in [-0.4, -0.2) is 17.7 Å². The normalized spacial score (nSPS) is 52.1. The molecule has 1 aliphatic heterocycles. The number of Topliss-reactive ketones (excluding diaryl/α,β-unsaturated/α-hetero) is 1. The van der Waals surface area contributed by atoms with Crippen molar-refractivity contribution in [3.05, 3.63) is 0 Å². The number of nitrogens with one attached hydrogen (secondary N) is 1. The predicted molar refractivity (Wildman–Crippen MR) is 89.7 cm³/mol. The van der Waals surface area contributed by atoms with Crippen LogP contribution in [0, 0.1) is 34.5 Å². The zero-order chi connectivity index (χ0) is 16.4. The summed E-state index contributed by atoms with van der Waals surface area (Å²) in [6.45, 7) is 6.65. The highest BCUT2D eigenvalue weighted by molar-refractivity contribution is 5.79. The fourth-order valence-corrected chi connectivity index (χ4v) is 7.37. The van der Waals surface area contributed by atoms with Gasteiger partial charge in [-0.2, -0.15) is 0 Å². The molecule has 3 heteroatoms. The molecular formula is C20H31NO2. The number of carbonyl (C=O) groups excluding carboxylic acids is 2. The van der Waals surface area contributed by atoms with E-state index < -0.39 is 0 Å². The number of carbonyl (C=O) groups is 2. The molecule has 0 spiro atoms. The summed E-state index contributed by atoms with van der Waals surface area (Å²) < 4.78 is 0. The van der Waals surface area contributed by atoms with Crippen molar-refractivity contribution in [1.29, 1.82) is 0 Å². The first kappa shape index (κ1) is 15.7. The summed E-state index contributed by atoms with van der Waals surface area (Å²) in [7, 11) is 0. The number of rotatable bonds is 1. The van der Waals surface area contributed by atoms with E-state index in [0.717, 1.165) is 37.0 Å². The molecule has 3 aliphatic carbocycles. The minimum atomic E-state index is 0.244. The van der Waals surface area contributed by atoms with Crippen LogP contribution in [-0.2, 0) is 9.59 Å². The molecule has 1 saturated heterocycles. The van der Waals surface area contributed by atoms with Crippen molar-refractivity contribution in [2.75, 3.05) is 0 Å². The maximum Gasteiger partial charge on any atom is 0.220 e. The number of piperidine rings is 1. The standard InChI is InChI=1S/C20H31NO2/c1-12(22)14-5-6-15-13-4-7-17-20(3,11-9-18(23)21-17)16(13)8-10-19(14,15)2/h13-17H,4-11H2,1-3H3,(H,21,23)/t13-,14+,15-,16-,17+,19+,20+/m0/s1. The molecule has 1 heterocycles. The summed E-state index contributed by atoms with van der Waals surface area (Å²) in [5.41, 5.74) is 0.528. The molecule has 1 amide bonds. The molecule has 0 bridgehead atoms. The predicted octanol–water partition coefficient (Wildman–Crippen LogP) is 3.71. The second-order valence-electron chi connectivity index (χ2n) is 9.37. The lowest BCUT2D eigenvalue weighted by Crippen LogP contribution is -2.61. The van der Waals surface area contributed by atoms with Gasteiger partial charge in [-0.15, -0.1) is 0 Å². The Hall–Kier alpha value is -0.860. The van der Waals surface area contributed by atoms with Gasteiger partial charge in [0, 0.05) is 18.4 Å². The van der Waals surface area contributed by atoms with Crippen LogP contribution in [0.1, 0.15) is 72.1 Å². The third kappa shape index (κ3) is 2.07. The van der Waals surface area contributed by atoms with E-state index in [0.29, 0.717) is 24.2 Å². The van der Waals surface area contributed by atoms with Crippen molar-refractivity contribution in [3.63, 3.8) is 0 Å². The second-order valence-corrected chi connectivity index (χ2v) is 9.37. The Morgan fingerprint density at radius 1 is 1.00 bits per heavy atom. The molecule has 7 atom stereocenters. The molecule has 23 heavy (non-hydrogen) atoms. The van der Waals surface area contributed by atoms with Gasteiger partial charge < -0.3 is 5.32 Å². The van der Waals surface area contributed by atoms with Crippen molar-refractivity contribution >= 4 is 11.7 Å². The molecule has 4 aliphatic rings. The van der Waals surface area contributed by atoms with Gasteiger partial charge in [-0.25, -0.2) is 0 Å². The number of hydrogen-bond donors (Lipinski definition) is 1. The molecule has 4 fully saturated rings. The van der Waals surface area contributed by atoms with E-state index in [2.05, 4.69) is 19.2 Å². The highest BCUT2D eigenvalue weighted by Gasteiger charge is 2.60. The quantitative estimate of drug-likeness (QED) is 0.801. The van der Waals surface area contributed by atoms with E-state index in [4.69, 9.17) is 0 Å². The van der Waals surface area contributed by atoms with Crippen LogP contribution in [0.25, 0.3) is 0 Å². The van der Waals surface area contributed by atoms with Gasteiger partial charge in [0.15, 0.2) is 0 Å². The van der Waals surface area contributed by atoms with Gasteiger partial charge in [-0.3, -0.25) is 9.59 Å². The summed E-state index contributed by atoms with van der Waals surface area (Å²) in [5.74, 6) is 3.21. The Bertz CT molecular complexity index is 544. The molecule has 0 radical (unpaired) electrons. The van der Waals surface area contributed by atoms with Crippen LogP contribution in [0.2, 0.25) is 0 Å². The van der Waals surface area contributed by atoms with Crippen LogP contribution >= 0.6 is 0 Å². The summed E-state index contributed by atoms with van der Waals surface area (Å²) in [6.07, 6.45) is 8.96. The van der Waals surface area contributed by atoms with Crippen LogP contribution < -0.4 is 5.32 Å². The van der Waals surface area contributed by atoms with Gasteiger partial charge in [-0.05, 0) is 80.5 Å². The second kappa shape index (κ2) is 5.07. The molecule has 0 unspecified atom stereocenters. The molecule has 128 valence electrons. The lowest BCUT2D eigenvalue weighted by molar-refractivity contribution is -0.140. The molecule has 0 aromatic rings. The highest BCUT2D eigenvalue weighted by Crippen LogP contribution is 2.65. The third-order valence-corrected chi connectivity index (χ3v) is 8.59. The van der Waals surface area contributed by atoms with Crippen molar-refractivity contribution < 1.29 is 9.59 Å². The first-order chi connectivity index (χ1) is 10.9. The molecule has 0 aromatic heterocycles. The number of amides is 1. The van der Waals surface area contributed by atoms with Crippen molar-refractivity contribution in [2.24, 2.45) is 34.5 Å². The van der Waals surface area contributed by atoms with E-state index >= 15 is 0 Å². The van der Waals surface area contributed by atoms with Crippen molar-refractivity contribution in [1.82, 2.24) is 5.32 Å². The van der Waals surface area contributed by atoms with Crippen molar-refractivity contribution in [3.8, 4) is 0 Å². The Labute approximate surface area is 140 Å².